The highest BCUT2D eigenvalue weighted by Crippen LogP contribution is 2.21. The Hall–Kier alpha value is -3.14. The van der Waals surface area contributed by atoms with Gasteiger partial charge in [-0.15, -0.1) is 0 Å². The smallest absolute Gasteiger partial charge is 0.254 e. The number of nitrogens with zero attached hydrogens (tertiary/aromatic N) is 2. The Balaban J connectivity index is 1.52. The Morgan fingerprint density at radius 2 is 1.82 bits per heavy atom. The number of carbonyl (C=O) groups is 4. The molecule has 0 aromatic heterocycles. The standard InChI is InChI=1S/C24H33N5O5/c1-34-18-6-4-16(5-7-18)24(33)29-14-13-28(23(32)17-8-11-25-12-9-17)15-20(29)22(31)27-19-3-2-10-26-21(19)30/h4-7,17,19-20,25H,2-3,8-15H2,1H3,(H,26,30)(H,27,31)/p+1/t19-,20+/m0/s1. The Morgan fingerprint density at radius 1 is 1.09 bits per heavy atom. The van der Waals surface area contributed by atoms with Crippen molar-refractivity contribution in [2.45, 2.75) is 37.8 Å². The SMILES string of the molecule is COc1ccc(C(=O)N2CCN(C(=O)C3CC[NH2+]CC3)C[C@@H]2C(=O)N[C@H]2CCCNC2=O)cc1. The minimum Gasteiger partial charge on any atom is -0.497 e. The summed E-state index contributed by atoms with van der Waals surface area (Å²) in [6.07, 6.45) is 2.98. The average Bonchev–Trinajstić information content (AvgIpc) is 2.89. The molecule has 1 aromatic carbocycles. The van der Waals surface area contributed by atoms with Crippen LogP contribution in [0.4, 0.5) is 0 Å². The predicted octanol–water partition coefficient (Wildman–Crippen LogP) is -1.28. The highest BCUT2D eigenvalue weighted by Gasteiger charge is 2.40. The first-order valence-electron chi connectivity index (χ1n) is 12.1. The lowest BCUT2D eigenvalue weighted by Gasteiger charge is -2.42. The quantitative estimate of drug-likeness (QED) is 0.492. The summed E-state index contributed by atoms with van der Waals surface area (Å²) in [6, 6.07) is 5.25. The van der Waals surface area contributed by atoms with E-state index in [1.165, 1.54) is 4.90 Å². The molecule has 0 unspecified atom stereocenters. The molecule has 0 bridgehead atoms. The number of amides is 4. The number of rotatable bonds is 5. The van der Waals surface area contributed by atoms with Gasteiger partial charge in [-0.25, -0.2) is 0 Å². The first-order valence-corrected chi connectivity index (χ1v) is 12.1. The molecule has 4 rings (SSSR count). The third-order valence-corrected chi connectivity index (χ3v) is 6.98. The summed E-state index contributed by atoms with van der Waals surface area (Å²) >= 11 is 0. The lowest BCUT2D eigenvalue weighted by molar-refractivity contribution is -0.664. The number of carbonyl (C=O) groups excluding carboxylic acids is 4. The molecule has 4 amide bonds. The van der Waals surface area contributed by atoms with E-state index in [0.29, 0.717) is 30.8 Å². The number of quaternary nitrogens is 1. The molecule has 0 spiro atoms. The summed E-state index contributed by atoms with van der Waals surface area (Å²) in [5, 5.41) is 7.80. The number of benzene rings is 1. The van der Waals surface area contributed by atoms with Crippen molar-refractivity contribution in [1.29, 1.82) is 0 Å². The number of hydrogen-bond donors (Lipinski definition) is 3. The van der Waals surface area contributed by atoms with Crippen LogP contribution in [0.3, 0.4) is 0 Å². The van der Waals surface area contributed by atoms with E-state index in [-0.39, 0.29) is 36.7 Å². The second-order valence-electron chi connectivity index (χ2n) is 9.16. The van der Waals surface area contributed by atoms with E-state index in [2.05, 4.69) is 16.0 Å². The summed E-state index contributed by atoms with van der Waals surface area (Å²) in [7, 11) is 1.55. The van der Waals surface area contributed by atoms with Gasteiger partial charge in [-0.1, -0.05) is 0 Å². The van der Waals surface area contributed by atoms with E-state index < -0.39 is 18.0 Å². The zero-order chi connectivity index (χ0) is 24.1. The van der Waals surface area contributed by atoms with E-state index in [1.54, 1.807) is 36.3 Å². The molecule has 0 aliphatic carbocycles. The fourth-order valence-corrected chi connectivity index (χ4v) is 4.96. The number of ether oxygens (including phenoxy) is 1. The first-order chi connectivity index (χ1) is 16.5. The van der Waals surface area contributed by atoms with Gasteiger partial charge in [0.2, 0.25) is 17.7 Å². The second-order valence-corrected chi connectivity index (χ2v) is 9.16. The van der Waals surface area contributed by atoms with E-state index >= 15 is 0 Å². The third-order valence-electron chi connectivity index (χ3n) is 6.98. The van der Waals surface area contributed by atoms with Crippen molar-refractivity contribution in [3.63, 3.8) is 0 Å². The van der Waals surface area contributed by atoms with E-state index in [0.717, 1.165) is 32.4 Å². The number of nitrogens with two attached hydrogens (primary N) is 1. The Labute approximate surface area is 199 Å². The maximum Gasteiger partial charge on any atom is 0.254 e. The van der Waals surface area contributed by atoms with Crippen LogP contribution in [0.2, 0.25) is 0 Å². The Morgan fingerprint density at radius 3 is 2.50 bits per heavy atom. The first kappa shape index (κ1) is 24.0. The van der Waals surface area contributed by atoms with Crippen LogP contribution >= 0.6 is 0 Å². The molecule has 34 heavy (non-hydrogen) atoms. The molecular formula is C24H34N5O5+. The van der Waals surface area contributed by atoms with E-state index in [1.807, 2.05) is 0 Å². The number of hydrogen-bond acceptors (Lipinski definition) is 5. The van der Waals surface area contributed by atoms with Gasteiger partial charge in [-0.2, -0.15) is 0 Å². The summed E-state index contributed by atoms with van der Waals surface area (Å²) in [5.41, 5.74) is 0.441. The van der Waals surface area contributed by atoms with Gasteiger partial charge in [0, 0.05) is 44.0 Å². The summed E-state index contributed by atoms with van der Waals surface area (Å²) in [4.78, 5) is 55.3. The lowest BCUT2D eigenvalue weighted by atomic mass is 9.95. The monoisotopic (exact) mass is 472 g/mol. The average molecular weight is 473 g/mol. The minimum absolute atomic E-state index is 0.0401. The molecule has 3 saturated heterocycles. The molecule has 184 valence electrons. The number of piperazine rings is 1. The van der Waals surface area contributed by atoms with Crippen molar-refractivity contribution >= 4 is 23.6 Å². The van der Waals surface area contributed by atoms with Gasteiger partial charge in [0.05, 0.1) is 26.7 Å². The Bertz CT molecular complexity index is 915. The van der Waals surface area contributed by atoms with Crippen molar-refractivity contribution in [2.24, 2.45) is 5.92 Å². The van der Waals surface area contributed by atoms with Crippen LogP contribution in [-0.4, -0.2) is 91.9 Å². The summed E-state index contributed by atoms with van der Waals surface area (Å²) < 4.78 is 5.17. The predicted molar refractivity (Wildman–Crippen MR) is 123 cm³/mol. The van der Waals surface area contributed by atoms with Crippen LogP contribution in [0.1, 0.15) is 36.0 Å². The molecule has 2 atom stereocenters. The highest BCUT2D eigenvalue weighted by atomic mass is 16.5. The zero-order valence-corrected chi connectivity index (χ0v) is 19.6. The van der Waals surface area contributed by atoms with Gasteiger partial charge >= 0.3 is 0 Å². The van der Waals surface area contributed by atoms with Gasteiger partial charge < -0.3 is 30.5 Å². The molecule has 3 fully saturated rings. The van der Waals surface area contributed by atoms with Crippen molar-refractivity contribution in [3.05, 3.63) is 29.8 Å². The third kappa shape index (κ3) is 5.32. The van der Waals surface area contributed by atoms with E-state index in [9.17, 15) is 19.2 Å². The molecule has 3 aliphatic rings. The van der Waals surface area contributed by atoms with Crippen LogP contribution in [-0.2, 0) is 14.4 Å². The van der Waals surface area contributed by atoms with Gasteiger partial charge in [0.25, 0.3) is 5.91 Å². The number of piperidine rings is 2. The van der Waals surface area contributed by atoms with E-state index in [4.69, 9.17) is 4.74 Å². The Kier molecular flexibility index (Phi) is 7.66. The second kappa shape index (κ2) is 10.9. The maximum atomic E-state index is 13.4. The minimum atomic E-state index is -0.864. The lowest BCUT2D eigenvalue weighted by Crippen LogP contribution is -2.86. The van der Waals surface area contributed by atoms with Gasteiger partial charge in [0.15, 0.2) is 0 Å². The molecule has 3 aliphatic heterocycles. The van der Waals surface area contributed by atoms with Crippen molar-refractivity contribution in [2.75, 3.05) is 46.4 Å². The molecule has 4 N–H and O–H groups in total. The molecular weight excluding hydrogens is 438 g/mol. The van der Waals surface area contributed by atoms with Crippen LogP contribution in [0, 0.1) is 5.92 Å². The summed E-state index contributed by atoms with van der Waals surface area (Å²) in [6.45, 7) is 3.21. The number of methoxy groups -OCH3 is 1. The van der Waals surface area contributed by atoms with Crippen molar-refractivity contribution in [3.8, 4) is 5.75 Å². The molecule has 10 heteroatoms. The molecule has 0 saturated carbocycles. The van der Waals surface area contributed by atoms with Gasteiger partial charge in [-0.3, -0.25) is 19.2 Å². The topological polar surface area (TPSA) is 125 Å². The van der Waals surface area contributed by atoms with Crippen LogP contribution in [0.25, 0.3) is 0 Å². The fraction of sp³-hybridized carbons (Fsp3) is 0.583. The highest BCUT2D eigenvalue weighted by molar-refractivity contribution is 5.99. The van der Waals surface area contributed by atoms with Crippen LogP contribution in [0.15, 0.2) is 24.3 Å². The number of nitrogens with one attached hydrogen (secondary N) is 2. The van der Waals surface area contributed by atoms with Crippen molar-refractivity contribution < 1.29 is 29.2 Å². The molecule has 10 nitrogen and oxygen atoms in total. The molecule has 0 radical (unpaired) electrons. The normalized spacial score (nSPS) is 23.7. The van der Waals surface area contributed by atoms with Gasteiger partial charge in [0.1, 0.15) is 17.8 Å². The fourth-order valence-electron chi connectivity index (χ4n) is 4.96. The largest absolute Gasteiger partial charge is 0.497 e. The molecule has 1 aromatic rings. The van der Waals surface area contributed by atoms with Crippen molar-refractivity contribution in [1.82, 2.24) is 20.4 Å². The van der Waals surface area contributed by atoms with Gasteiger partial charge in [-0.05, 0) is 37.1 Å². The van der Waals surface area contributed by atoms with Crippen LogP contribution < -0.4 is 20.7 Å². The molecule has 3 heterocycles. The summed E-state index contributed by atoms with van der Waals surface area (Å²) in [5.74, 6) is -0.252. The zero-order valence-electron chi connectivity index (χ0n) is 19.6. The van der Waals surface area contributed by atoms with Crippen LogP contribution in [0.5, 0.6) is 5.75 Å². The maximum absolute atomic E-state index is 13.4.